The first kappa shape index (κ1) is 19.6. The van der Waals surface area contributed by atoms with E-state index in [1.165, 1.54) is 30.6 Å². The molecule has 2 saturated heterocycles. The minimum absolute atomic E-state index is 0.00513. The molecule has 3 fully saturated rings. The number of rotatable bonds is 3. The fourth-order valence-corrected chi connectivity index (χ4v) is 6.57. The maximum Gasteiger partial charge on any atom is 0.291 e. The normalized spacial score (nSPS) is 22.0. The molecule has 0 radical (unpaired) electrons. The van der Waals surface area contributed by atoms with Crippen LogP contribution in [0.4, 0.5) is 5.82 Å². The van der Waals surface area contributed by atoms with Gasteiger partial charge < -0.3 is 9.80 Å². The molecule has 4 heterocycles. The Morgan fingerprint density at radius 1 is 1.03 bits per heavy atom. The molecule has 0 unspecified atom stereocenters. The Hall–Kier alpha value is -1.38. The van der Waals surface area contributed by atoms with Gasteiger partial charge in [-0.1, -0.05) is 12.8 Å². The lowest BCUT2D eigenvalue weighted by Gasteiger charge is -2.37. The number of piperazine rings is 1. The number of carbonyl (C=O) groups excluding carboxylic acids is 1. The average molecular weight is 432 g/mol. The second kappa shape index (κ2) is 8.40. The van der Waals surface area contributed by atoms with Crippen LogP contribution in [0.25, 0.3) is 10.9 Å². The van der Waals surface area contributed by atoms with Gasteiger partial charge in [-0.05, 0) is 19.8 Å². The highest BCUT2D eigenvalue weighted by Crippen LogP contribution is 2.33. The molecule has 156 valence electrons. The number of aromatic nitrogens is 2. The number of nitrogens with zero attached hydrogens (tertiary/aromatic N) is 5. The van der Waals surface area contributed by atoms with E-state index in [1.807, 2.05) is 16.7 Å². The van der Waals surface area contributed by atoms with E-state index in [2.05, 4.69) is 27.1 Å². The fraction of sp³-hybridized carbons (Fsp3) is 0.667. The molecule has 2 aromatic heterocycles. The number of carbonyl (C=O) groups is 1. The van der Waals surface area contributed by atoms with Crippen molar-refractivity contribution in [2.75, 3.05) is 55.7 Å². The molecule has 1 aliphatic carbocycles. The monoisotopic (exact) mass is 431 g/mol. The standard InChI is InChI=1S/C21H29N5OS2/c1-15-18-17(14-29-15)22-19(23-20(18)25-10-12-28-13-11-25)21(27)26-8-6-24(7-9-26)16-4-2-3-5-16/h14,16H,2-13H2,1H3. The van der Waals surface area contributed by atoms with Crippen molar-refractivity contribution < 1.29 is 4.79 Å². The van der Waals surface area contributed by atoms with Crippen molar-refractivity contribution in [2.24, 2.45) is 0 Å². The largest absolute Gasteiger partial charge is 0.354 e. The second-order valence-electron chi connectivity index (χ2n) is 8.29. The zero-order chi connectivity index (χ0) is 19.8. The summed E-state index contributed by atoms with van der Waals surface area (Å²) in [6, 6.07) is 0.734. The Balaban J connectivity index is 1.37. The number of aryl methyl sites for hydroxylation is 1. The number of amides is 1. The number of thioether (sulfide) groups is 1. The van der Waals surface area contributed by atoms with Crippen LogP contribution in [-0.2, 0) is 0 Å². The zero-order valence-electron chi connectivity index (χ0n) is 17.1. The summed E-state index contributed by atoms with van der Waals surface area (Å²) >= 11 is 3.69. The minimum atomic E-state index is -0.00513. The van der Waals surface area contributed by atoms with Crippen LogP contribution < -0.4 is 4.90 Å². The number of thiophene rings is 1. The van der Waals surface area contributed by atoms with E-state index in [1.54, 1.807) is 11.3 Å². The van der Waals surface area contributed by atoms with E-state index in [-0.39, 0.29) is 5.91 Å². The van der Waals surface area contributed by atoms with Gasteiger partial charge in [0.05, 0.1) is 10.9 Å². The maximum absolute atomic E-state index is 13.3. The minimum Gasteiger partial charge on any atom is -0.354 e. The molecule has 0 aromatic carbocycles. The van der Waals surface area contributed by atoms with Crippen LogP contribution in [0.2, 0.25) is 0 Å². The summed E-state index contributed by atoms with van der Waals surface area (Å²) in [7, 11) is 0. The van der Waals surface area contributed by atoms with Crippen molar-refractivity contribution in [3.05, 3.63) is 16.1 Å². The predicted molar refractivity (Wildman–Crippen MR) is 121 cm³/mol. The lowest BCUT2D eigenvalue weighted by Crippen LogP contribution is -2.51. The van der Waals surface area contributed by atoms with Gasteiger partial charge in [0.15, 0.2) is 0 Å². The van der Waals surface area contributed by atoms with E-state index < -0.39 is 0 Å². The molecule has 6 nitrogen and oxygen atoms in total. The van der Waals surface area contributed by atoms with Crippen LogP contribution in [0.1, 0.15) is 41.2 Å². The summed E-state index contributed by atoms with van der Waals surface area (Å²) in [4.78, 5) is 30.9. The summed E-state index contributed by atoms with van der Waals surface area (Å²) in [6.07, 6.45) is 5.36. The zero-order valence-corrected chi connectivity index (χ0v) is 18.7. The second-order valence-corrected chi connectivity index (χ2v) is 10.6. The van der Waals surface area contributed by atoms with Gasteiger partial charge >= 0.3 is 0 Å². The lowest BCUT2D eigenvalue weighted by atomic mass is 10.2. The van der Waals surface area contributed by atoms with Crippen molar-refractivity contribution in [3.63, 3.8) is 0 Å². The quantitative estimate of drug-likeness (QED) is 0.744. The van der Waals surface area contributed by atoms with E-state index in [9.17, 15) is 4.79 Å². The predicted octanol–water partition coefficient (Wildman–Crippen LogP) is 3.25. The topological polar surface area (TPSA) is 52.6 Å². The van der Waals surface area contributed by atoms with Crippen LogP contribution in [0.3, 0.4) is 0 Å². The van der Waals surface area contributed by atoms with Crippen molar-refractivity contribution in [1.82, 2.24) is 19.8 Å². The highest BCUT2D eigenvalue weighted by Gasteiger charge is 2.30. The summed E-state index contributed by atoms with van der Waals surface area (Å²) in [6.45, 7) is 7.63. The Kier molecular flexibility index (Phi) is 5.67. The Morgan fingerprint density at radius 2 is 1.76 bits per heavy atom. The molecular formula is C21H29N5OS2. The summed E-state index contributed by atoms with van der Waals surface area (Å²) in [5, 5.41) is 3.20. The first-order valence-electron chi connectivity index (χ1n) is 10.8. The Morgan fingerprint density at radius 3 is 2.48 bits per heavy atom. The first-order valence-corrected chi connectivity index (χ1v) is 12.9. The van der Waals surface area contributed by atoms with Gasteiger partial charge in [-0.2, -0.15) is 11.8 Å². The van der Waals surface area contributed by atoms with Gasteiger partial charge in [-0.15, -0.1) is 11.3 Å². The molecule has 8 heteroatoms. The SMILES string of the molecule is Cc1scc2nc(C(=O)N3CCN(C4CCCC4)CC3)nc(N3CCSCC3)c12. The van der Waals surface area contributed by atoms with Crippen molar-refractivity contribution in [2.45, 2.75) is 38.6 Å². The number of hydrogen-bond donors (Lipinski definition) is 0. The number of fused-ring (bicyclic) bond motifs is 1. The van der Waals surface area contributed by atoms with Crippen molar-refractivity contribution in [1.29, 1.82) is 0 Å². The first-order chi connectivity index (χ1) is 14.2. The van der Waals surface area contributed by atoms with Crippen molar-refractivity contribution >= 4 is 45.7 Å². The molecule has 0 N–H and O–H groups in total. The molecule has 1 amide bonds. The third kappa shape index (κ3) is 3.86. The molecule has 0 atom stereocenters. The molecule has 3 aliphatic rings. The molecule has 2 aromatic rings. The van der Waals surface area contributed by atoms with Crippen LogP contribution >= 0.6 is 23.1 Å². The maximum atomic E-state index is 13.3. The molecule has 5 rings (SSSR count). The number of anilines is 1. The molecule has 1 saturated carbocycles. The van der Waals surface area contributed by atoms with Crippen LogP contribution in [-0.4, -0.2) is 82.5 Å². The Labute approximate surface area is 180 Å². The smallest absolute Gasteiger partial charge is 0.291 e. The van der Waals surface area contributed by atoms with E-state index in [0.717, 1.165) is 73.5 Å². The Bertz CT molecular complexity index is 881. The van der Waals surface area contributed by atoms with Crippen LogP contribution in [0.5, 0.6) is 0 Å². The van der Waals surface area contributed by atoms with Gasteiger partial charge in [0.2, 0.25) is 5.82 Å². The fourth-order valence-electron chi connectivity index (χ4n) is 4.89. The molecular weight excluding hydrogens is 402 g/mol. The van der Waals surface area contributed by atoms with Crippen LogP contribution in [0, 0.1) is 6.92 Å². The summed E-state index contributed by atoms with van der Waals surface area (Å²) in [5.74, 6) is 3.55. The van der Waals surface area contributed by atoms with E-state index >= 15 is 0 Å². The third-order valence-corrected chi connectivity index (χ3v) is 8.40. The molecule has 29 heavy (non-hydrogen) atoms. The summed E-state index contributed by atoms with van der Waals surface area (Å²) in [5.41, 5.74) is 0.920. The lowest BCUT2D eigenvalue weighted by molar-refractivity contribution is 0.0562. The summed E-state index contributed by atoms with van der Waals surface area (Å²) < 4.78 is 0. The third-order valence-electron chi connectivity index (χ3n) is 6.56. The van der Waals surface area contributed by atoms with Gasteiger partial charge in [0, 0.05) is 67.1 Å². The molecule has 0 bridgehead atoms. The molecule has 0 spiro atoms. The molecule has 2 aliphatic heterocycles. The number of hydrogen-bond acceptors (Lipinski definition) is 7. The highest BCUT2D eigenvalue weighted by atomic mass is 32.2. The highest BCUT2D eigenvalue weighted by molar-refractivity contribution is 7.99. The van der Waals surface area contributed by atoms with Gasteiger partial charge in [0.25, 0.3) is 5.91 Å². The van der Waals surface area contributed by atoms with Gasteiger partial charge in [-0.25, -0.2) is 9.97 Å². The van der Waals surface area contributed by atoms with Gasteiger partial charge in [0.1, 0.15) is 5.82 Å². The van der Waals surface area contributed by atoms with E-state index in [4.69, 9.17) is 4.98 Å². The average Bonchev–Trinajstić information content (AvgIpc) is 3.44. The van der Waals surface area contributed by atoms with Gasteiger partial charge in [-0.3, -0.25) is 9.69 Å². The van der Waals surface area contributed by atoms with E-state index in [0.29, 0.717) is 5.82 Å². The van der Waals surface area contributed by atoms with Crippen LogP contribution in [0.15, 0.2) is 5.38 Å². The van der Waals surface area contributed by atoms with Crippen molar-refractivity contribution in [3.8, 4) is 0 Å².